The van der Waals surface area contributed by atoms with Crippen LogP contribution >= 0.6 is 0 Å². The molecule has 0 aliphatic carbocycles. The maximum atomic E-state index is 11.7. The fourth-order valence-electron chi connectivity index (χ4n) is 1.78. The molecule has 0 saturated carbocycles. The molecule has 17 heavy (non-hydrogen) atoms. The minimum absolute atomic E-state index is 0.0360. The second-order valence-electron chi connectivity index (χ2n) is 4.80. The highest BCUT2D eigenvalue weighted by Crippen LogP contribution is 2.31. The van der Waals surface area contributed by atoms with Crippen LogP contribution in [0.4, 0.5) is 0 Å². The molecule has 0 aromatic heterocycles. The molecule has 1 rings (SSSR count). The van der Waals surface area contributed by atoms with Gasteiger partial charge in [0.25, 0.3) is 0 Å². The van der Waals surface area contributed by atoms with Gasteiger partial charge in [0.2, 0.25) is 11.8 Å². The molecule has 0 aromatic rings. The van der Waals surface area contributed by atoms with Crippen molar-refractivity contribution in [1.82, 2.24) is 10.5 Å². The van der Waals surface area contributed by atoms with E-state index in [4.69, 9.17) is 5.84 Å². The monoisotopic (exact) mass is 243 g/mol. The summed E-state index contributed by atoms with van der Waals surface area (Å²) >= 11 is 0. The Bertz CT molecular complexity index is 320. The Hall–Kier alpha value is -1.47. The van der Waals surface area contributed by atoms with Crippen LogP contribution in [0, 0.1) is 5.41 Å². The molecule has 1 heterocycles. The molecule has 2 amide bonds. The van der Waals surface area contributed by atoms with Gasteiger partial charge in [-0.1, -0.05) is 19.4 Å². The maximum absolute atomic E-state index is 11.7. The fourth-order valence-corrected chi connectivity index (χ4v) is 1.78. The van der Waals surface area contributed by atoms with E-state index in [1.54, 1.807) is 5.59 Å². The van der Waals surface area contributed by atoms with Gasteiger partial charge in [-0.2, -0.15) is 0 Å². The van der Waals surface area contributed by atoms with Crippen molar-refractivity contribution < 1.29 is 19.2 Å². The summed E-state index contributed by atoms with van der Waals surface area (Å²) in [7, 11) is 0. The van der Waals surface area contributed by atoms with E-state index in [9.17, 15) is 14.4 Å². The molecule has 3 N–H and O–H groups in total. The zero-order chi connectivity index (χ0) is 13.1. The second-order valence-corrected chi connectivity index (χ2v) is 4.80. The summed E-state index contributed by atoms with van der Waals surface area (Å²) in [6.07, 6.45) is 0.550. The number of nitrogens with zero attached hydrogens (tertiary/aromatic N) is 1. The normalized spacial score (nSPS) is 19.4. The molecule has 7 heteroatoms. The maximum Gasteiger partial charge on any atom is 0.328 e. The van der Waals surface area contributed by atoms with Gasteiger partial charge in [0.15, 0.2) is 0 Å². The number of nitrogens with one attached hydrogen (secondary N) is 1. The summed E-state index contributed by atoms with van der Waals surface area (Å²) in [4.78, 5) is 39.8. The quantitative estimate of drug-likeness (QED) is 0.391. The number of likely N-dealkylation sites (tertiary alicyclic amines) is 1. The van der Waals surface area contributed by atoms with Crippen LogP contribution in [0.5, 0.6) is 0 Å². The number of hydrazine groups is 1. The van der Waals surface area contributed by atoms with Crippen molar-refractivity contribution >= 4 is 17.8 Å². The largest absolute Gasteiger partial charge is 0.356 e. The number of piperidine rings is 1. The van der Waals surface area contributed by atoms with E-state index in [0.29, 0.717) is 12.8 Å². The van der Waals surface area contributed by atoms with E-state index < -0.39 is 5.97 Å². The molecule has 0 unspecified atom stereocenters. The summed E-state index contributed by atoms with van der Waals surface area (Å²) in [5.41, 5.74) is 1.45. The summed E-state index contributed by atoms with van der Waals surface area (Å²) < 4.78 is 0. The Kier molecular flexibility index (Phi) is 4.19. The Balaban J connectivity index is 2.52. The molecule has 1 fully saturated rings. The second kappa shape index (κ2) is 5.24. The molecule has 0 aromatic carbocycles. The number of hydrogen-bond donors (Lipinski definition) is 2. The number of imide groups is 1. The van der Waals surface area contributed by atoms with Crippen LogP contribution in [0.3, 0.4) is 0 Å². The molecule has 1 saturated heterocycles. The highest BCUT2D eigenvalue weighted by atomic mass is 16.7. The van der Waals surface area contributed by atoms with Gasteiger partial charge in [0.05, 0.1) is 6.42 Å². The summed E-state index contributed by atoms with van der Waals surface area (Å²) in [6.45, 7) is 3.77. The van der Waals surface area contributed by atoms with E-state index >= 15 is 0 Å². The third kappa shape index (κ3) is 3.79. The third-order valence-electron chi connectivity index (χ3n) is 2.57. The van der Waals surface area contributed by atoms with Crippen LogP contribution < -0.4 is 11.4 Å². The molecular weight excluding hydrogens is 226 g/mol. The number of rotatable bonds is 4. The van der Waals surface area contributed by atoms with E-state index in [2.05, 4.69) is 4.84 Å². The molecule has 0 radical (unpaired) electrons. The Labute approximate surface area is 99.2 Å². The van der Waals surface area contributed by atoms with Gasteiger partial charge >= 0.3 is 5.97 Å². The smallest absolute Gasteiger partial charge is 0.328 e. The minimum Gasteiger partial charge on any atom is -0.356 e. The number of carbonyl (C=O) groups is 3. The van der Waals surface area contributed by atoms with Gasteiger partial charge < -0.3 is 4.84 Å². The van der Waals surface area contributed by atoms with Gasteiger partial charge in [0.1, 0.15) is 0 Å². The zero-order valence-electron chi connectivity index (χ0n) is 9.99. The van der Waals surface area contributed by atoms with Gasteiger partial charge in [-0.15, -0.1) is 0 Å². The zero-order valence-corrected chi connectivity index (χ0v) is 9.99. The molecule has 1 aliphatic heterocycles. The predicted molar refractivity (Wildman–Crippen MR) is 57.8 cm³/mol. The first kappa shape index (κ1) is 13.6. The van der Waals surface area contributed by atoms with Crippen molar-refractivity contribution in [3.8, 4) is 0 Å². The lowest BCUT2D eigenvalue weighted by Crippen LogP contribution is -2.47. The minimum atomic E-state index is -0.613. The average molecular weight is 243 g/mol. The highest BCUT2D eigenvalue weighted by molar-refractivity contribution is 5.98. The number of amides is 2. The highest BCUT2D eigenvalue weighted by Gasteiger charge is 2.37. The first-order chi connectivity index (χ1) is 7.85. The summed E-state index contributed by atoms with van der Waals surface area (Å²) in [5.74, 6) is 3.67. The predicted octanol–water partition coefficient (Wildman–Crippen LogP) is -0.527. The summed E-state index contributed by atoms with van der Waals surface area (Å²) in [6, 6.07) is 0. The van der Waals surface area contributed by atoms with Crippen molar-refractivity contribution in [2.45, 2.75) is 33.1 Å². The third-order valence-corrected chi connectivity index (χ3v) is 2.57. The lowest BCUT2D eigenvalue weighted by Gasteiger charge is -2.34. The lowest BCUT2D eigenvalue weighted by molar-refractivity contribution is -0.155. The van der Waals surface area contributed by atoms with Crippen LogP contribution in [0.2, 0.25) is 0 Å². The molecule has 0 bridgehead atoms. The first-order valence-electron chi connectivity index (χ1n) is 5.34. The number of nitrogens with two attached hydrogens (primary N) is 1. The molecule has 0 spiro atoms. The van der Waals surface area contributed by atoms with Gasteiger partial charge in [-0.3, -0.25) is 19.3 Å². The average Bonchev–Trinajstić information content (AvgIpc) is 2.14. The standard InChI is InChI=1S/C10H17N3O4/c1-10(2)5-7(14)13(8(15)6-10)4-3-9(16)17-12-11/h12H,3-6,11H2,1-2H3. The van der Waals surface area contributed by atoms with E-state index in [-0.39, 0.29) is 30.2 Å². The van der Waals surface area contributed by atoms with E-state index in [1.807, 2.05) is 13.8 Å². The van der Waals surface area contributed by atoms with E-state index in [0.717, 1.165) is 4.90 Å². The van der Waals surface area contributed by atoms with Crippen molar-refractivity contribution in [2.75, 3.05) is 6.54 Å². The molecule has 96 valence electrons. The van der Waals surface area contributed by atoms with Crippen LogP contribution in [0.15, 0.2) is 0 Å². The SMILES string of the molecule is CC1(C)CC(=O)N(CCC(=O)ONN)C(=O)C1. The number of carbonyl (C=O) groups excluding carboxylic acids is 3. The van der Waals surface area contributed by atoms with Gasteiger partial charge in [-0.05, 0) is 5.41 Å². The lowest BCUT2D eigenvalue weighted by atomic mass is 9.82. The molecule has 0 atom stereocenters. The van der Waals surface area contributed by atoms with Gasteiger partial charge in [-0.25, -0.2) is 5.84 Å². The molecular formula is C10H17N3O4. The Morgan fingerprint density at radius 3 is 2.41 bits per heavy atom. The van der Waals surface area contributed by atoms with Crippen molar-refractivity contribution in [1.29, 1.82) is 0 Å². The first-order valence-corrected chi connectivity index (χ1v) is 5.34. The summed E-state index contributed by atoms with van der Waals surface area (Å²) in [5, 5.41) is 0. The number of hydrogen-bond acceptors (Lipinski definition) is 6. The van der Waals surface area contributed by atoms with Crippen LogP contribution in [0.25, 0.3) is 0 Å². The molecule has 7 nitrogen and oxygen atoms in total. The van der Waals surface area contributed by atoms with Crippen molar-refractivity contribution in [2.24, 2.45) is 11.3 Å². The topological polar surface area (TPSA) is 102 Å². The van der Waals surface area contributed by atoms with Crippen molar-refractivity contribution in [3.63, 3.8) is 0 Å². The fraction of sp³-hybridized carbons (Fsp3) is 0.700. The van der Waals surface area contributed by atoms with Gasteiger partial charge in [0, 0.05) is 19.4 Å². The van der Waals surface area contributed by atoms with Crippen LogP contribution in [-0.4, -0.2) is 29.2 Å². The van der Waals surface area contributed by atoms with Crippen LogP contribution in [-0.2, 0) is 19.2 Å². The van der Waals surface area contributed by atoms with E-state index in [1.165, 1.54) is 0 Å². The molecule has 1 aliphatic rings. The Morgan fingerprint density at radius 1 is 1.41 bits per heavy atom. The van der Waals surface area contributed by atoms with Crippen molar-refractivity contribution in [3.05, 3.63) is 0 Å². The van der Waals surface area contributed by atoms with Crippen LogP contribution in [0.1, 0.15) is 33.1 Å². The Morgan fingerprint density at radius 2 is 1.94 bits per heavy atom.